The van der Waals surface area contributed by atoms with Gasteiger partial charge in [-0.15, -0.1) is 11.3 Å². The number of aromatic nitrogens is 1. The molecule has 0 N–H and O–H groups in total. The largest absolute Gasteiger partial charge is 0.309 e. The van der Waals surface area contributed by atoms with E-state index in [1.165, 1.54) is 11.3 Å². The molecule has 0 radical (unpaired) electrons. The molecule has 0 atom stereocenters. The van der Waals surface area contributed by atoms with E-state index in [4.69, 9.17) is 11.6 Å². The molecular formula is C30H17ClN2O2S. The van der Waals surface area contributed by atoms with Crippen molar-refractivity contribution in [3.05, 3.63) is 118 Å². The Morgan fingerprint density at radius 2 is 1.42 bits per heavy atom. The molecule has 0 saturated carbocycles. The van der Waals surface area contributed by atoms with E-state index >= 15 is 0 Å². The molecule has 0 bridgehead atoms. The summed E-state index contributed by atoms with van der Waals surface area (Å²) in [7, 11) is 0. The van der Waals surface area contributed by atoms with Crippen molar-refractivity contribution in [2.24, 2.45) is 0 Å². The minimum absolute atomic E-state index is 0.0558. The smallest absolute Gasteiger partial charge is 0.297 e. The van der Waals surface area contributed by atoms with Gasteiger partial charge < -0.3 is 4.57 Å². The Hall–Kier alpha value is -4.19. The number of thiophene rings is 1. The maximum absolute atomic E-state index is 12.4. The molecule has 0 aliphatic rings. The van der Waals surface area contributed by atoms with Crippen molar-refractivity contribution in [2.75, 3.05) is 0 Å². The van der Waals surface area contributed by atoms with Gasteiger partial charge in [-0.1, -0.05) is 78.3 Å². The zero-order valence-electron chi connectivity index (χ0n) is 18.8. The lowest BCUT2D eigenvalue weighted by molar-refractivity contribution is -0.383. The number of fused-ring (bicyclic) bond motifs is 6. The number of benzene rings is 5. The monoisotopic (exact) mass is 504 g/mol. The van der Waals surface area contributed by atoms with Crippen molar-refractivity contribution in [3.8, 4) is 16.8 Å². The summed E-state index contributed by atoms with van der Waals surface area (Å²) in [4.78, 5) is 12.1. The van der Waals surface area contributed by atoms with E-state index in [9.17, 15) is 10.1 Å². The summed E-state index contributed by atoms with van der Waals surface area (Å²) >= 11 is 8.29. The number of halogens is 1. The van der Waals surface area contributed by atoms with Gasteiger partial charge in [0.15, 0.2) is 0 Å². The maximum atomic E-state index is 12.4. The molecule has 0 fully saturated rings. The molecule has 0 unspecified atom stereocenters. The number of para-hydroxylation sites is 2. The standard InChI is InChI=1S/C30H17ClN2O2S/c31-28-29(33(34)35)22(17-23-19-11-5-7-16-26(19)36-30(23)28)20-13-8-15-25-27(20)21-12-4-6-14-24(21)32(25)18-9-2-1-3-10-18/h1-17H. The van der Waals surface area contributed by atoms with Crippen molar-refractivity contribution in [2.45, 2.75) is 0 Å². The summed E-state index contributed by atoms with van der Waals surface area (Å²) < 4.78 is 4.01. The minimum Gasteiger partial charge on any atom is -0.309 e. The maximum Gasteiger partial charge on any atom is 0.297 e. The number of nitro groups is 1. The second kappa shape index (κ2) is 7.92. The average Bonchev–Trinajstić information content (AvgIpc) is 3.45. The Morgan fingerprint density at radius 1 is 0.722 bits per heavy atom. The highest BCUT2D eigenvalue weighted by Gasteiger charge is 2.27. The first-order chi connectivity index (χ1) is 17.6. The van der Waals surface area contributed by atoms with Gasteiger partial charge in [-0.05, 0) is 42.0 Å². The summed E-state index contributed by atoms with van der Waals surface area (Å²) in [6.07, 6.45) is 0. The Kier molecular flexibility index (Phi) is 4.64. The van der Waals surface area contributed by atoms with Gasteiger partial charge >= 0.3 is 0 Å². The van der Waals surface area contributed by atoms with Crippen LogP contribution in [0.5, 0.6) is 0 Å². The lowest BCUT2D eigenvalue weighted by Crippen LogP contribution is -1.95. The van der Waals surface area contributed by atoms with E-state index in [0.717, 1.165) is 53.2 Å². The molecule has 0 spiro atoms. The number of nitrogens with zero attached hydrogens (tertiary/aromatic N) is 2. The molecule has 0 aliphatic carbocycles. The number of nitro benzene ring substituents is 1. The predicted octanol–water partition coefficient (Wildman–Crippen LogP) is 9.38. The van der Waals surface area contributed by atoms with Crippen LogP contribution in [0.25, 0.3) is 58.8 Å². The Labute approximate surface area is 214 Å². The van der Waals surface area contributed by atoms with Gasteiger partial charge in [0.1, 0.15) is 5.02 Å². The molecule has 172 valence electrons. The molecule has 7 rings (SSSR count). The van der Waals surface area contributed by atoms with E-state index in [0.29, 0.717) is 5.56 Å². The van der Waals surface area contributed by atoms with Crippen LogP contribution in [0.4, 0.5) is 5.69 Å². The predicted molar refractivity (Wildman–Crippen MR) is 151 cm³/mol. The SMILES string of the molecule is O=[N+]([O-])c1c(-c2cccc3c2c2ccccc2n3-c2ccccc2)cc2c(sc3ccccc32)c1Cl. The van der Waals surface area contributed by atoms with E-state index < -0.39 is 0 Å². The van der Waals surface area contributed by atoms with Crippen LogP contribution in [0.15, 0.2) is 103 Å². The molecule has 36 heavy (non-hydrogen) atoms. The van der Waals surface area contributed by atoms with E-state index in [2.05, 4.69) is 34.9 Å². The van der Waals surface area contributed by atoms with Gasteiger partial charge in [-0.2, -0.15) is 0 Å². The van der Waals surface area contributed by atoms with Crippen molar-refractivity contribution in [1.29, 1.82) is 0 Å². The molecule has 0 aliphatic heterocycles. The molecule has 0 amide bonds. The fourth-order valence-corrected chi connectivity index (χ4v) is 6.80. The lowest BCUT2D eigenvalue weighted by Gasteiger charge is -2.10. The first-order valence-corrected chi connectivity index (χ1v) is 12.7. The summed E-state index contributed by atoms with van der Waals surface area (Å²) in [5, 5.41) is 16.6. The van der Waals surface area contributed by atoms with Crippen LogP contribution in [0, 0.1) is 10.1 Å². The quantitative estimate of drug-likeness (QED) is 0.178. The number of rotatable bonds is 3. The van der Waals surface area contributed by atoms with Crippen molar-refractivity contribution < 1.29 is 4.92 Å². The van der Waals surface area contributed by atoms with Crippen molar-refractivity contribution in [1.82, 2.24) is 4.57 Å². The fraction of sp³-hybridized carbons (Fsp3) is 0. The van der Waals surface area contributed by atoms with Gasteiger partial charge in [-0.25, -0.2) is 0 Å². The van der Waals surface area contributed by atoms with Crippen LogP contribution in [0.3, 0.4) is 0 Å². The third-order valence-electron chi connectivity index (χ3n) is 6.77. The molecule has 2 aromatic heterocycles. The lowest BCUT2D eigenvalue weighted by atomic mass is 9.96. The van der Waals surface area contributed by atoms with Crippen LogP contribution < -0.4 is 0 Å². The average molecular weight is 505 g/mol. The highest BCUT2D eigenvalue weighted by molar-refractivity contribution is 7.26. The molecular weight excluding hydrogens is 488 g/mol. The first-order valence-electron chi connectivity index (χ1n) is 11.5. The fourth-order valence-electron chi connectivity index (χ4n) is 5.29. The highest BCUT2D eigenvalue weighted by atomic mass is 35.5. The van der Waals surface area contributed by atoms with Gasteiger partial charge in [-0.3, -0.25) is 10.1 Å². The van der Waals surface area contributed by atoms with E-state index in [1.807, 2.05) is 72.8 Å². The number of hydrogen-bond acceptors (Lipinski definition) is 3. The summed E-state index contributed by atoms with van der Waals surface area (Å²) in [5.74, 6) is 0. The molecule has 2 heterocycles. The normalized spacial score (nSPS) is 11.7. The highest BCUT2D eigenvalue weighted by Crippen LogP contribution is 2.49. The molecule has 0 saturated heterocycles. The summed E-state index contributed by atoms with van der Waals surface area (Å²) in [6.45, 7) is 0. The molecule has 4 nitrogen and oxygen atoms in total. The van der Waals surface area contributed by atoms with E-state index in [1.54, 1.807) is 0 Å². The third-order valence-corrected chi connectivity index (χ3v) is 8.45. The zero-order chi connectivity index (χ0) is 24.4. The Morgan fingerprint density at radius 3 is 2.22 bits per heavy atom. The molecule has 7 aromatic rings. The summed E-state index contributed by atoms with van der Waals surface area (Å²) in [5.41, 5.74) is 4.33. The second-order valence-electron chi connectivity index (χ2n) is 8.71. The molecule has 5 aromatic carbocycles. The van der Waals surface area contributed by atoms with E-state index in [-0.39, 0.29) is 15.6 Å². The zero-order valence-corrected chi connectivity index (χ0v) is 20.4. The van der Waals surface area contributed by atoms with Crippen molar-refractivity contribution >= 4 is 70.6 Å². The Bertz CT molecular complexity index is 1990. The first kappa shape index (κ1) is 21.1. The van der Waals surface area contributed by atoms with Crippen LogP contribution in [0.1, 0.15) is 0 Å². The van der Waals surface area contributed by atoms with Crippen LogP contribution in [-0.2, 0) is 0 Å². The topological polar surface area (TPSA) is 48.1 Å². The van der Waals surface area contributed by atoms with Crippen LogP contribution >= 0.6 is 22.9 Å². The summed E-state index contributed by atoms with van der Waals surface area (Å²) in [6, 6.07) is 34.3. The molecule has 6 heteroatoms. The van der Waals surface area contributed by atoms with Gasteiger partial charge in [0.05, 0.1) is 26.2 Å². The van der Waals surface area contributed by atoms with Gasteiger partial charge in [0.25, 0.3) is 5.69 Å². The van der Waals surface area contributed by atoms with Crippen LogP contribution in [0.2, 0.25) is 5.02 Å². The van der Waals surface area contributed by atoms with Crippen LogP contribution in [-0.4, -0.2) is 9.49 Å². The van der Waals surface area contributed by atoms with Gasteiger partial charge in [0, 0.05) is 31.9 Å². The minimum atomic E-state index is -0.350. The van der Waals surface area contributed by atoms with Gasteiger partial charge in [0.2, 0.25) is 0 Å². The number of hydrogen-bond donors (Lipinski definition) is 0. The van der Waals surface area contributed by atoms with Crippen molar-refractivity contribution in [3.63, 3.8) is 0 Å². The Balaban J connectivity index is 1.66. The third kappa shape index (κ3) is 2.94. The second-order valence-corrected chi connectivity index (χ2v) is 10.1.